The van der Waals surface area contributed by atoms with Crippen LogP contribution >= 0.6 is 11.6 Å². The van der Waals surface area contributed by atoms with Gasteiger partial charge in [0, 0.05) is 12.4 Å². The van der Waals surface area contributed by atoms with Crippen LogP contribution in [0.25, 0.3) is 10.9 Å². The highest BCUT2D eigenvalue weighted by Crippen LogP contribution is 2.25. The fraction of sp³-hybridized carbons (Fsp3) is 0.333. The molecule has 0 aliphatic rings. The summed E-state index contributed by atoms with van der Waals surface area (Å²) in [6.07, 6.45) is -1.29. The van der Waals surface area contributed by atoms with E-state index in [1.165, 1.54) is 0 Å². The predicted octanol–water partition coefficient (Wildman–Crippen LogP) is 1.82. The molecule has 5 nitrogen and oxygen atoms in total. The van der Waals surface area contributed by atoms with E-state index in [1.54, 1.807) is 36.9 Å². The predicted molar refractivity (Wildman–Crippen MR) is 67.3 cm³/mol. The summed E-state index contributed by atoms with van der Waals surface area (Å²) in [5.41, 5.74) is 1.21. The van der Waals surface area contributed by atoms with Crippen LogP contribution in [0.3, 0.4) is 0 Å². The maximum atomic E-state index is 11.4. The van der Waals surface area contributed by atoms with Crippen LogP contribution in [0.15, 0.2) is 18.2 Å². The maximum Gasteiger partial charge on any atom is 0.339 e. The molecule has 0 spiro atoms. The lowest BCUT2D eigenvalue weighted by atomic mass is 10.1. The number of rotatable bonds is 3. The Hall–Kier alpha value is -1.59. The SMILES string of the molecule is CCOC(=O)C(O)c1ccc2c(Cl)nn(C)c2c1. The number of carbonyl (C=O) groups is 1. The van der Waals surface area contributed by atoms with Crippen LogP contribution in [-0.4, -0.2) is 27.5 Å². The van der Waals surface area contributed by atoms with Gasteiger partial charge in [0.2, 0.25) is 0 Å². The number of halogens is 1. The Morgan fingerprint density at radius 1 is 1.61 bits per heavy atom. The summed E-state index contributed by atoms with van der Waals surface area (Å²) in [5, 5.41) is 15.1. The highest BCUT2D eigenvalue weighted by Gasteiger charge is 2.19. The molecule has 6 heteroatoms. The number of nitrogens with zero attached hydrogens (tertiary/aromatic N) is 2. The monoisotopic (exact) mass is 268 g/mol. The highest BCUT2D eigenvalue weighted by atomic mass is 35.5. The van der Waals surface area contributed by atoms with Gasteiger partial charge >= 0.3 is 5.97 Å². The van der Waals surface area contributed by atoms with Gasteiger partial charge in [-0.1, -0.05) is 17.7 Å². The third-order valence-corrected chi connectivity index (χ3v) is 2.94. The van der Waals surface area contributed by atoms with E-state index in [4.69, 9.17) is 16.3 Å². The van der Waals surface area contributed by atoms with Crippen molar-refractivity contribution in [3.05, 3.63) is 28.9 Å². The first-order chi connectivity index (χ1) is 8.54. The first-order valence-corrected chi connectivity index (χ1v) is 5.89. The van der Waals surface area contributed by atoms with E-state index in [0.29, 0.717) is 10.7 Å². The summed E-state index contributed by atoms with van der Waals surface area (Å²) in [7, 11) is 1.74. The van der Waals surface area contributed by atoms with Gasteiger partial charge in [-0.25, -0.2) is 4.79 Å². The Labute approximate surface area is 109 Å². The van der Waals surface area contributed by atoms with Gasteiger partial charge in [-0.05, 0) is 24.6 Å². The number of benzene rings is 1. The lowest BCUT2D eigenvalue weighted by Gasteiger charge is -2.10. The standard InChI is InChI=1S/C12H13ClN2O3/c1-3-18-12(17)10(16)7-4-5-8-9(6-7)15(2)14-11(8)13/h4-6,10,16H,3H2,1-2H3. The van der Waals surface area contributed by atoms with E-state index < -0.39 is 12.1 Å². The van der Waals surface area contributed by atoms with Gasteiger partial charge in [-0.15, -0.1) is 0 Å². The molecule has 0 amide bonds. The van der Waals surface area contributed by atoms with Crippen molar-refractivity contribution in [2.45, 2.75) is 13.0 Å². The van der Waals surface area contributed by atoms with Gasteiger partial charge in [-0.3, -0.25) is 4.68 Å². The van der Waals surface area contributed by atoms with E-state index >= 15 is 0 Å². The zero-order chi connectivity index (χ0) is 13.3. The van der Waals surface area contributed by atoms with Crippen LogP contribution in [0, 0.1) is 0 Å². The highest BCUT2D eigenvalue weighted by molar-refractivity contribution is 6.34. The van der Waals surface area contributed by atoms with Crippen molar-refractivity contribution < 1.29 is 14.6 Å². The molecule has 1 N–H and O–H groups in total. The average Bonchev–Trinajstić information content (AvgIpc) is 2.64. The second kappa shape index (κ2) is 4.96. The molecule has 1 aromatic heterocycles. The zero-order valence-corrected chi connectivity index (χ0v) is 10.8. The number of hydrogen-bond donors (Lipinski definition) is 1. The summed E-state index contributed by atoms with van der Waals surface area (Å²) in [6, 6.07) is 5.04. The number of esters is 1. The van der Waals surface area contributed by atoms with Crippen molar-refractivity contribution in [2.24, 2.45) is 7.05 Å². The minimum absolute atomic E-state index is 0.232. The van der Waals surface area contributed by atoms with E-state index in [1.807, 2.05) is 0 Å². The minimum atomic E-state index is -1.29. The number of hydrogen-bond acceptors (Lipinski definition) is 4. The van der Waals surface area contributed by atoms with Crippen LogP contribution in [0.4, 0.5) is 0 Å². The van der Waals surface area contributed by atoms with E-state index in [9.17, 15) is 9.90 Å². The Bertz CT molecular complexity index is 594. The fourth-order valence-corrected chi connectivity index (χ4v) is 2.03. The third-order valence-electron chi connectivity index (χ3n) is 2.66. The molecule has 0 fully saturated rings. The molecule has 0 radical (unpaired) electrons. The van der Waals surface area contributed by atoms with Gasteiger partial charge in [0.15, 0.2) is 11.3 Å². The number of aryl methyl sites for hydroxylation is 1. The van der Waals surface area contributed by atoms with Gasteiger partial charge in [-0.2, -0.15) is 5.10 Å². The summed E-state index contributed by atoms with van der Waals surface area (Å²) in [6.45, 7) is 1.92. The molecule has 2 rings (SSSR count). The summed E-state index contributed by atoms with van der Waals surface area (Å²) >= 11 is 5.94. The van der Waals surface area contributed by atoms with Crippen molar-refractivity contribution in [3.63, 3.8) is 0 Å². The van der Waals surface area contributed by atoms with Crippen LogP contribution in [0.1, 0.15) is 18.6 Å². The first-order valence-electron chi connectivity index (χ1n) is 5.51. The summed E-state index contributed by atoms with van der Waals surface area (Å²) in [5.74, 6) is -0.662. The molecule has 0 aliphatic heterocycles. The summed E-state index contributed by atoms with van der Waals surface area (Å²) < 4.78 is 6.36. The van der Waals surface area contributed by atoms with E-state index in [-0.39, 0.29) is 6.61 Å². The fourth-order valence-electron chi connectivity index (χ4n) is 1.76. The minimum Gasteiger partial charge on any atom is -0.464 e. The van der Waals surface area contributed by atoms with Gasteiger partial charge in [0.1, 0.15) is 0 Å². The second-order valence-corrected chi connectivity index (χ2v) is 4.20. The van der Waals surface area contributed by atoms with E-state index in [2.05, 4.69) is 5.10 Å². The number of aliphatic hydroxyl groups is 1. The van der Waals surface area contributed by atoms with Crippen molar-refractivity contribution in [2.75, 3.05) is 6.61 Å². The van der Waals surface area contributed by atoms with Crippen molar-refractivity contribution >= 4 is 28.5 Å². The third kappa shape index (κ3) is 2.19. The van der Waals surface area contributed by atoms with Crippen LogP contribution < -0.4 is 0 Å². The molecular formula is C12H13ClN2O3. The first kappa shape index (κ1) is 12.9. The molecule has 1 heterocycles. The van der Waals surface area contributed by atoms with Crippen molar-refractivity contribution in [1.82, 2.24) is 9.78 Å². The molecule has 18 heavy (non-hydrogen) atoms. The number of aliphatic hydroxyl groups excluding tert-OH is 1. The quantitative estimate of drug-likeness (QED) is 0.863. The number of fused-ring (bicyclic) bond motifs is 1. The number of ether oxygens (including phenoxy) is 1. The van der Waals surface area contributed by atoms with E-state index in [0.717, 1.165) is 10.9 Å². The number of aromatic nitrogens is 2. The normalized spacial score (nSPS) is 12.7. The lowest BCUT2D eigenvalue weighted by molar-refractivity contribution is -0.153. The van der Waals surface area contributed by atoms with Crippen molar-refractivity contribution in [3.8, 4) is 0 Å². The maximum absolute atomic E-state index is 11.4. The average molecular weight is 269 g/mol. The van der Waals surface area contributed by atoms with Crippen molar-refractivity contribution in [1.29, 1.82) is 0 Å². The molecular weight excluding hydrogens is 256 g/mol. The number of carbonyl (C=O) groups excluding carboxylic acids is 1. The largest absolute Gasteiger partial charge is 0.464 e. The van der Waals surface area contributed by atoms with Gasteiger partial charge < -0.3 is 9.84 Å². The molecule has 1 aromatic carbocycles. The smallest absolute Gasteiger partial charge is 0.339 e. The van der Waals surface area contributed by atoms with Crippen LogP contribution in [-0.2, 0) is 16.6 Å². The Balaban J connectivity index is 2.41. The van der Waals surface area contributed by atoms with Gasteiger partial charge in [0.25, 0.3) is 0 Å². The Morgan fingerprint density at radius 2 is 2.33 bits per heavy atom. The summed E-state index contributed by atoms with van der Waals surface area (Å²) in [4.78, 5) is 11.4. The molecule has 0 bridgehead atoms. The molecule has 1 atom stereocenters. The second-order valence-electron chi connectivity index (χ2n) is 3.85. The van der Waals surface area contributed by atoms with Gasteiger partial charge in [0.05, 0.1) is 12.1 Å². The topological polar surface area (TPSA) is 64.3 Å². The molecule has 96 valence electrons. The van der Waals surface area contributed by atoms with Crippen LogP contribution in [0.2, 0.25) is 5.15 Å². The Kier molecular flexibility index (Phi) is 3.54. The van der Waals surface area contributed by atoms with Crippen LogP contribution in [0.5, 0.6) is 0 Å². The molecule has 0 saturated heterocycles. The molecule has 0 aliphatic carbocycles. The zero-order valence-electron chi connectivity index (χ0n) is 10.1. The molecule has 2 aromatic rings. The molecule has 0 saturated carbocycles. The molecule has 1 unspecified atom stereocenters. The lowest BCUT2D eigenvalue weighted by Crippen LogP contribution is -2.15. The Morgan fingerprint density at radius 3 is 3.00 bits per heavy atom.